The molecule has 0 spiro atoms. The smallest absolute Gasteiger partial charge is 0.315 e. The van der Waals surface area contributed by atoms with Gasteiger partial charge in [-0.1, -0.05) is 6.07 Å². The highest BCUT2D eigenvalue weighted by Gasteiger charge is 2.15. The number of carbonyl (C=O) groups is 1. The number of amides is 2. The number of urea groups is 1. The van der Waals surface area contributed by atoms with Crippen molar-refractivity contribution < 1.29 is 4.79 Å². The quantitative estimate of drug-likeness (QED) is 0.860. The van der Waals surface area contributed by atoms with Gasteiger partial charge < -0.3 is 15.5 Å². The number of hydrogen-bond donors (Lipinski definition) is 2. The number of pyridine rings is 1. The molecule has 0 radical (unpaired) electrons. The van der Waals surface area contributed by atoms with Crippen LogP contribution in [0.5, 0.6) is 0 Å². The lowest BCUT2D eigenvalue weighted by molar-refractivity contribution is 0.232. The zero-order valence-corrected chi connectivity index (χ0v) is 13.1. The van der Waals surface area contributed by atoms with Crippen molar-refractivity contribution in [2.24, 2.45) is 0 Å². The Hall–Kier alpha value is -1.92. The number of rotatable bonds is 6. The zero-order valence-electron chi connectivity index (χ0n) is 12.2. The van der Waals surface area contributed by atoms with Crippen LogP contribution in [0.1, 0.15) is 17.3 Å². The van der Waals surface area contributed by atoms with Crippen LogP contribution in [0.15, 0.2) is 41.2 Å². The topological polar surface area (TPSA) is 57.3 Å². The minimum absolute atomic E-state index is 0.178. The van der Waals surface area contributed by atoms with Crippen molar-refractivity contribution in [2.75, 3.05) is 20.6 Å². The molecule has 2 N–H and O–H groups in total. The van der Waals surface area contributed by atoms with E-state index in [2.05, 4.69) is 32.0 Å². The molecule has 2 amide bonds. The maximum absolute atomic E-state index is 11.8. The van der Waals surface area contributed by atoms with Gasteiger partial charge in [0.2, 0.25) is 0 Å². The fourth-order valence-corrected chi connectivity index (χ4v) is 2.70. The van der Waals surface area contributed by atoms with Gasteiger partial charge in [0.25, 0.3) is 0 Å². The van der Waals surface area contributed by atoms with E-state index in [1.165, 1.54) is 5.56 Å². The molecule has 0 unspecified atom stereocenters. The first kappa shape index (κ1) is 15.5. The molecule has 0 aromatic carbocycles. The average Bonchev–Trinajstić information content (AvgIpc) is 3.00. The second-order valence-electron chi connectivity index (χ2n) is 4.92. The van der Waals surface area contributed by atoms with E-state index < -0.39 is 0 Å². The van der Waals surface area contributed by atoms with E-state index in [4.69, 9.17) is 0 Å². The normalized spacial score (nSPS) is 12.1. The van der Waals surface area contributed by atoms with Gasteiger partial charge in [0.05, 0.1) is 18.3 Å². The molecular weight excluding hydrogens is 284 g/mol. The molecule has 2 heterocycles. The summed E-state index contributed by atoms with van der Waals surface area (Å²) < 4.78 is 0. The lowest BCUT2D eigenvalue weighted by atomic mass is 10.1. The van der Waals surface area contributed by atoms with Crippen molar-refractivity contribution in [2.45, 2.75) is 12.6 Å². The maximum atomic E-state index is 11.8. The van der Waals surface area contributed by atoms with Crippen LogP contribution in [0.3, 0.4) is 0 Å². The number of thiophene rings is 1. The Kier molecular flexibility index (Phi) is 5.71. The molecule has 112 valence electrons. The van der Waals surface area contributed by atoms with E-state index in [1.807, 2.05) is 37.7 Å². The van der Waals surface area contributed by atoms with Crippen LogP contribution < -0.4 is 10.6 Å². The molecule has 2 rings (SSSR count). The molecule has 2 aromatic heterocycles. The minimum atomic E-state index is -0.178. The highest BCUT2D eigenvalue weighted by molar-refractivity contribution is 7.07. The van der Waals surface area contributed by atoms with Gasteiger partial charge in [-0.3, -0.25) is 4.98 Å². The average molecular weight is 304 g/mol. The van der Waals surface area contributed by atoms with Gasteiger partial charge in [-0.2, -0.15) is 11.3 Å². The van der Waals surface area contributed by atoms with Crippen LogP contribution in [0.4, 0.5) is 4.79 Å². The number of nitrogens with one attached hydrogen (secondary N) is 2. The molecule has 2 aromatic rings. The first-order chi connectivity index (χ1) is 10.2. The van der Waals surface area contributed by atoms with Crippen molar-refractivity contribution in [3.05, 3.63) is 52.5 Å². The number of hydrogen-bond acceptors (Lipinski definition) is 4. The molecule has 0 aliphatic carbocycles. The maximum Gasteiger partial charge on any atom is 0.315 e. The van der Waals surface area contributed by atoms with E-state index in [1.54, 1.807) is 17.5 Å². The number of likely N-dealkylation sites (N-methyl/N-ethyl adjacent to an activating group) is 1. The van der Waals surface area contributed by atoms with Gasteiger partial charge in [-0.25, -0.2) is 4.79 Å². The summed E-state index contributed by atoms with van der Waals surface area (Å²) in [5, 5.41) is 9.88. The fraction of sp³-hybridized carbons (Fsp3) is 0.333. The van der Waals surface area contributed by atoms with Gasteiger partial charge >= 0.3 is 6.03 Å². The van der Waals surface area contributed by atoms with Gasteiger partial charge in [0.1, 0.15) is 0 Å². The number of carbonyl (C=O) groups excluding carboxylic acids is 1. The Morgan fingerprint density at radius 1 is 1.33 bits per heavy atom. The summed E-state index contributed by atoms with van der Waals surface area (Å²) in [6.45, 7) is 0.996. The molecule has 21 heavy (non-hydrogen) atoms. The Morgan fingerprint density at radius 3 is 2.81 bits per heavy atom. The summed E-state index contributed by atoms with van der Waals surface area (Å²) >= 11 is 1.66. The third-order valence-corrected chi connectivity index (χ3v) is 3.86. The predicted molar refractivity (Wildman–Crippen MR) is 85.2 cm³/mol. The van der Waals surface area contributed by atoms with Gasteiger partial charge in [0.15, 0.2) is 0 Å². The molecule has 1 atom stereocenters. The summed E-state index contributed by atoms with van der Waals surface area (Å²) in [5.74, 6) is 0. The second kappa shape index (κ2) is 7.75. The van der Waals surface area contributed by atoms with Crippen molar-refractivity contribution >= 4 is 17.4 Å². The summed E-state index contributed by atoms with van der Waals surface area (Å²) in [6, 6.07) is 7.73. The molecule has 0 bridgehead atoms. The largest absolute Gasteiger partial charge is 0.336 e. The molecule has 5 nitrogen and oxygen atoms in total. The summed E-state index contributed by atoms with van der Waals surface area (Å²) in [5.41, 5.74) is 2.06. The molecule has 0 saturated heterocycles. The minimum Gasteiger partial charge on any atom is -0.336 e. The second-order valence-corrected chi connectivity index (χ2v) is 5.70. The third-order valence-electron chi connectivity index (χ3n) is 3.16. The number of nitrogens with zero attached hydrogens (tertiary/aromatic N) is 2. The molecule has 0 aliphatic heterocycles. The lowest BCUT2D eigenvalue weighted by Gasteiger charge is -2.24. The first-order valence-electron chi connectivity index (χ1n) is 6.77. The Balaban J connectivity index is 1.80. The SMILES string of the molecule is CN(C)[C@@H](CNC(=O)NCc1ccccn1)c1ccsc1. The van der Waals surface area contributed by atoms with Crippen LogP contribution in [0.2, 0.25) is 0 Å². The molecule has 0 saturated carbocycles. The van der Waals surface area contributed by atoms with Crippen molar-refractivity contribution in [3.8, 4) is 0 Å². The van der Waals surface area contributed by atoms with Crippen molar-refractivity contribution in [1.82, 2.24) is 20.5 Å². The first-order valence-corrected chi connectivity index (χ1v) is 7.71. The Bertz CT molecular complexity index is 542. The Labute approximate surface area is 129 Å². The van der Waals surface area contributed by atoms with Crippen LogP contribution in [0, 0.1) is 0 Å². The van der Waals surface area contributed by atoms with Crippen LogP contribution in [-0.4, -0.2) is 36.6 Å². The molecule has 0 aliphatic rings. The predicted octanol–water partition coefficient (Wildman–Crippen LogP) is 2.25. The van der Waals surface area contributed by atoms with Crippen molar-refractivity contribution in [3.63, 3.8) is 0 Å². The van der Waals surface area contributed by atoms with E-state index in [-0.39, 0.29) is 12.1 Å². The van der Waals surface area contributed by atoms with Crippen LogP contribution >= 0.6 is 11.3 Å². The van der Waals surface area contributed by atoms with Gasteiger partial charge in [0, 0.05) is 12.7 Å². The molecule has 6 heteroatoms. The van der Waals surface area contributed by atoms with Gasteiger partial charge in [-0.05, 0) is 48.6 Å². The summed E-state index contributed by atoms with van der Waals surface area (Å²) in [7, 11) is 4.02. The summed E-state index contributed by atoms with van der Waals surface area (Å²) in [6.07, 6.45) is 1.72. The Morgan fingerprint density at radius 2 is 2.19 bits per heavy atom. The monoisotopic (exact) mass is 304 g/mol. The van der Waals surface area contributed by atoms with Crippen LogP contribution in [-0.2, 0) is 6.54 Å². The zero-order chi connectivity index (χ0) is 15.1. The highest BCUT2D eigenvalue weighted by Crippen LogP contribution is 2.19. The van der Waals surface area contributed by atoms with E-state index in [0.717, 1.165) is 5.69 Å². The van der Waals surface area contributed by atoms with Crippen LogP contribution in [0.25, 0.3) is 0 Å². The third kappa shape index (κ3) is 4.84. The lowest BCUT2D eigenvalue weighted by Crippen LogP contribution is -2.40. The molecular formula is C15H20N4OS. The standard InChI is InChI=1S/C15H20N4OS/c1-19(2)14(12-6-8-21-11-12)10-18-15(20)17-9-13-5-3-4-7-16-13/h3-8,11,14H,9-10H2,1-2H3,(H2,17,18,20)/t14-/m0/s1. The van der Waals surface area contributed by atoms with Crippen molar-refractivity contribution in [1.29, 1.82) is 0 Å². The highest BCUT2D eigenvalue weighted by atomic mass is 32.1. The van der Waals surface area contributed by atoms with Gasteiger partial charge in [-0.15, -0.1) is 0 Å². The number of aromatic nitrogens is 1. The summed E-state index contributed by atoms with van der Waals surface area (Å²) in [4.78, 5) is 18.1. The molecule has 0 fully saturated rings. The van der Waals surface area contributed by atoms with E-state index in [0.29, 0.717) is 13.1 Å². The van der Waals surface area contributed by atoms with E-state index >= 15 is 0 Å². The van der Waals surface area contributed by atoms with E-state index in [9.17, 15) is 4.79 Å². The fourth-order valence-electron chi connectivity index (χ4n) is 1.99.